The minimum atomic E-state index is -1.14. The van der Waals surface area contributed by atoms with Crippen LogP contribution < -0.4 is 0 Å². The molecule has 0 aliphatic rings. The van der Waals surface area contributed by atoms with Crippen molar-refractivity contribution in [2.45, 2.75) is 37.9 Å². The molecule has 6 heteroatoms. The smallest absolute Gasteiger partial charge is 0.103 e. The van der Waals surface area contributed by atoms with Crippen molar-refractivity contribution in [3.8, 4) is 0 Å². The second-order valence-electron chi connectivity index (χ2n) is 4.20. The Bertz CT molecular complexity index is 352. The third kappa shape index (κ3) is 5.30. The second-order valence-corrected chi connectivity index (χ2v) is 4.65. The van der Waals surface area contributed by atoms with Gasteiger partial charge in [-0.3, -0.25) is 9.97 Å². The van der Waals surface area contributed by atoms with Crippen LogP contribution in [0.3, 0.4) is 0 Å². The monoisotopic (exact) mass is 272 g/mol. The van der Waals surface area contributed by atoms with Gasteiger partial charge < -0.3 is 15.3 Å². The van der Waals surface area contributed by atoms with E-state index in [0.717, 1.165) is 30.7 Å². The van der Waals surface area contributed by atoms with Crippen molar-refractivity contribution in [3.05, 3.63) is 23.8 Å². The summed E-state index contributed by atoms with van der Waals surface area (Å²) in [5.41, 5.74) is 1.50. The van der Waals surface area contributed by atoms with E-state index in [1.54, 1.807) is 12.4 Å². The van der Waals surface area contributed by atoms with Crippen LogP contribution in [-0.4, -0.2) is 49.9 Å². The van der Waals surface area contributed by atoms with Gasteiger partial charge in [-0.2, -0.15) is 12.6 Å². The van der Waals surface area contributed by atoms with E-state index in [0.29, 0.717) is 5.69 Å². The zero-order valence-electron chi connectivity index (χ0n) is 10.2. The molecule has 1 heterocycles. The van der Waals surface area contributed by atoms with Gasteiger partial charge in [-0.05, 0) is 25.0 Å². The van der Waals surface area contributed by atoms with Gasteiger partial charge in [-0.25, -0.2) is 0 Å². The van der Waals surface area contributed by atoms with Crippen molar-refractivity contribution in [1.82, 2.24) is 9.97 Å². The van der Waals surface area contributed by atoms with Crippen LogP contribution in [0.1, 0.15) is 24.2 Å². The first-order valence-electron chi connectivity index (χ1n) is 6.05. The summed E-state index contributed by atoms with van der Waals surface area (Å²) in [6, 6.07) is 0. The van der Waals surface area contributed by atoms with E-state index in [1.165, 1.54) is 0 Å². The fourth-order valence-electron chi connectivity index (χ4n) is 1.56. The first-order chi connectivity index (χ1) is 8.67. The highest BCUT2D eigenvalue weighted by Gasteiger charge is 2.16. The third-order valence-corrected chi connectivity index (χ3v) is 2.94. The Morgan fingerprint density at radius 3 is 2.50 bits per heavy atom. The summed E-state index contributed by atoms with van der Waals surface area (Å²) in [6.07, 6.45) is 4.17. The molecule has 102 valence electrons. The van der Waals surface area contributed by atoms with E-state index in [9.17, 15) is 10.2 Å². The summed E-state index contributed by atoms with van der Waals surface area (Å²) in [5, 5.41) is 27.6. The molecule has 0 unspecified atom stereocenters. The summed E-state index contributed by atoms with van der Waals surface area (Å²) >= 11 is 4.15. The molecular weight excluding hydrogens is 252 g/mol. The number of aliphatic hydroxyl groups is 3. The van der Waals surface area contributed by atoms with Gasteiger partial charge in [-0.15, -0.1) is 0 Å². The van der Waals surface area contributed by atoms with Crippen molar-refractivity contribution >= 4 is 12.6 Å². The minimum Gasteiger partial charge on any atom is -0.394 e. The van der Waals surface area contributed by atoms with E-state index in [2.05, 4.69) is 22.6 Å². The molecular formula is C12H20N2O3S. The summed E-state index contributed by atoms with van der Waals surface area (Å²) in [7, 11) is 0. The van der Waals surface area contributed by atoms with Crippen LogP contribution >= 0.6 is 12.6 Å². The number of aryl methyl sites for hydroxylation is 1. The first kappa shape index (κ1) is 15.4. The number of unbranched alkanes of at least 4 members (excludes halogenated alkanes) is 1. The van der Waals surface area contributed by atoms with Gasteiger partial charge in [0.15, 0.2) is 0 Å². The van der Waals surface area contributed by atoms with Crippen molar-refractivity contribution in [3.63, 3.8) is 0 Å². The lowest BCUT2D eigenvalue weighted by Gasteiger charge is -2.14. The number of aliphatic hydroxyl groups excluding tert-OH is 3. The van der Waals surface area contributed by atoms with Gasteiger partial charge in [0.05, 0.1) is 24.1 Å². The molecule has 0 aromatic carbocycles. The lowest BCUT2D eigenvalue weighted by Crippen LogP contribution is -2.31. The largest absolute Gasteiger partial charge is 0.394 e. The predicted molar refractivity (Wildman–Crippen MR) is 71.6 cm³/mol. The zero-order chi connectivity index (χ0) is 13.4. The molecule has 0 bridgehead atoms. The van der Waals surface area contributed by atoms with Gasteiger partial charge in [0.25, 0.3) is 0 Å². The summed E-state index contributed by atoms with van der Waals surface area (Å²) in [4.78, 5) is 8.43. The third-order valence-electron chi connectivity index (χ3n) is 2.62. The average Bonchev–Trinajstić information content (AvgIpc) is 2.38. The Balaban J connectivity index is 2.53. The quantitative estimate of drug-likeness (QED) is 0.395. The number of hydrogen-bond acceptors (Lipinski definition) is 6. The van der Waals surface area contributed by atoms with Crippen LogP contribution in [0.4, 0.5) is 0 Å². The molecule has 0 saturated carbocycles. The van der Waals surface area contributed by atoms with Crippen LogP contribution in [-0.2, 0) is 12.8 Å². The van der Waals surface area contributed by atoms with Crippen LogP contribution in [0.25, 0.3) is 0 Å². The number of hydrogen-bond donors (Lipinski definition) is 4. The molecule has 1 aromatic rings. The minimum absolute atomic E-state index is 0.190. The second kappa shape index (κ2) is 8.42. The number of nitrogens with zero attached hydrogens (tertiary/aromatic N) is 2. The van der Waals surface area contributed by atoms with Gasteiger partial charge in [0.2, 0.25) is 0 Å². The van der Waals surface area contributed by atoms with Gasteiger partial charge in [0.1, 0.15) is 6.10 Å². The number of rotatable bonds is 8. The molecule has 2 atom stereocenters. The summed E-state index contributed by atoms with van der Waals surface area (Å²) < 4.78 is 0. The normalized spacial score (nSPS) is 14.4. The lowest BCUT2D eigenvalue weighted by atomic mass is 10.1. The highest BCUT2D eigenvalue weighted by molar-refractivity contribution is 7.80. The molecule has 0 aliphatic carbocycles. The molecule has 5 nitrogen and oxygen atoms in total. The number of thiol groups is 1. The lowest BCUT2D eigenvalue weighted by molar-refractivity contribution is -0.0137. The van der Waals surface area contributed by atoms with Crippen molar-refractivity contribution in [2.75, 3.05) is 12.4 Å². The van der Waals surface area contributed by atoms with Crippen molar-refractivity contribution in [2.24, 2.45) is 0 Å². The predicted octanol–water partition coefficient (Wildman–Crippen LogP) is -0.0143. The average molecular weight is 272 g/mol. The highest BCUT2D eigenvalue weighted by Crippen LogP contribution is 2.06. The molecule has 0 spiro atoms. The molecule has 0 aliphatic heterocycles. The van der Waals surface area contributed by atoms with Gasteiger partial charge in [0, 0.05) is 18.8 Å². The Hall–Kier alpha value is -0.690. The van der Waals surface area contributed by atoms with E-state index in [4.69, 9.17) is 5.11 Å². The van der Waals surface area contributed by atoms with Crippen LogP contribution in [0.15, 0.2) is 12.4 Å². The maximum absolute atomic E-state index is 9.59. The fourth-order valence-corrected chi connectivity index (χ4v) is 1.78. The Labute approximate surface area is 112 Å². The Morgan fingerprint density at radius 2 is 1.83 bits per heavy atom. The molecule has 0 saturated heterocycles. The summed E-state index contributed by atoms with van der Waals surface area (Å²) in [5.74, 6) is 0.856. The van der Waals surface area contributed by atoms with Crippen molar-refractivity contribution in [1.29, 1.82) is 0 Å². The maximum Gasteiger partial charge on any atom is 0.103 e. The molecule has 3 N–H and O–H groups in total. The fraction of sp³-hybridized carbons (Fsp3) is 0.667. The maximum atomic E-state index is 9.59. The Morgan fingerprint density at radius 1 is 1.11 bits per heavy atom. The molecule has 0 amide bonds. The van der Waals surface area contributed by atoms with E-state index in [-0.39, 0.29) is 6.42 Å². The van der Waals surface area contributed by atoms with Crippen molar-refractivity contribution < 1.29 is 15.3 Å². The molecule has 1 rings (SSSR count). The molecule has 1 aromatic heterocycles. The number of aromatic nitrogens is 2. The first-order valence-corrected chi connectivity index (χ1v) is 6.68. The van der Waals surface area contributed by atoms with Crippen LogP contribution in [0, 0.1) is 0 Å². The highest BCUT2D eigenvalue weighted by atomic mass is 32.1. The topological polar surface area (TPSA) is 86.5 Å². The van der Waals surface area contributed by atoms with Crippen LogP contribution in [0.2, 0.25) is 0 Å². The SMILES string of the molecule is OC[C@@H](O)[C@H](O)Cc1cncc(CCCCS)n1. The van der Waals surface area contributed by atoms with Gasteiger partial charge >= 0.3 is 0 Å². The van der Waals surface area contributed by atoms with E-state index >= 15 is 0 Å². The van der Waals surface area contributed by atoms with E-state index < -0.39 is 18.8 Å². The summed E-state index contributed by atoms with van der Waals surface area (Å²) in [6.45, 7) is -0.462. The molecule has 0 radical (unpaired) electrons. The zero-order valence-corrected chi connectivity index (χ0v) is 11.1. The van der Waals surface area contributed by atoms with E-state index in [1.807, 2.05) is 0 Å². The van der Waals surface area contributed by atoms with Gasteiger partial charge in [-0.1, -0.05) is 0 Å². The molecule has 0 fully saturated rings. The molecule has 18 heavy (non-hydrogen) atoms. The Kier molecular flexibility index (Phi) is 7.19. The van der Waals surface area contributed by atoms with Crippen LogP contribution in [0.5, 0.6) is 0 Å². The standard InChI is InChI=1S/C12H20N2O3S/c15-8-12(17)11(16)5-10-7-13-6-9(14-10)3-1-2-4-18/h6-7,11-12,15-18H,1-5,8H2/t11-,12-/m1/s1.